The number of hydrogen-bond donors (Lipinski definition) is 2. The van der Waals surface area contributed by atoms with Crippen molar-refractivity contribution >= 4 is 17.4 Å². The molecule has 1 heterocycles. The highest BCUT2D eigenvalue weighted by Crippen LogP contribution is 2.10. The highest BCUT2D eigenvalue weighted by molar-refractivity contribution is 7.09. The number of nitrogens with one attached hydrogen (secondary N) is 1. The first-order valence-electron chi connectivity index (χ1n) is 6.98. The molecule has 0 aromatic carbocycles. The molecule has 0 aliphatic carbocycles. The van der Waals surface area contributed by atoms with E-state index >= 15 is 0 Å². The smallest absolute Gasteiger partial charge is 0.317 e. The van der Waals surface area contributed by atoms with Crippen LogP contribution < -0.4 is 5.32 Å². The highest BCUT2D eigenvalue weighted by atomic mass is 32.1. The summed E-state index contributed by atoms with van der Waals surface area (Å²) in [6.45, 7) is 8.84. The topological polar surface area (TPSA) is 65.5 Å². The van der Waals surface area contributed by atoms with Gasteiger partial charge in [-0.05, 0) is 34.1 Å². The minimum atomic E-state index is -0.869. The largest absolute Gasteiger partial charge is 0.389 e. The quantitative estimate of drug-likeness (QED) is 0.759. The van der Waals surface area contributed by atoms with E-state index in [0.29, 0.717) is 19.6 Å². The molecule has 6 heteroatoms. The predicted octanol–water partition coefficient (Wildman–Crippen LogP) is 2.19. The number of rotatable bonds is 7. The molecular weight excluding hydrogens is 274 g/mol. The van der Waals surface area contributed by atoms with Crippen LogP contribution in [0.15, 0.2) is 5.38 Å². The number of carbonyl (C=O) groups excluding carboxylic acids is 1. The zero-order valence-corrected chi connectivity index (χ0v) is 13.6. The average molecular weight is 299 g/mol. The first kappa shape index (κ1) is 16.9. The Balaban J connectivity index is 2.27. The number of thiazole rings is 1. The van der Waals surface area contributed by atoms with E-state index in [1.54, 1.807) is 30.1 Å². The summed E-state index contributed by atoms with van der Waals surface area (Å²) in [4.78, 5) is 18.0. The predicted molar refractivity (Wildman–Crippen MR) is 82.1 cm³/mol. The molecule has 0 unspecified atom stereocenters. The molecule has 1 aromatic heterocycles. The highest BCUT2D eigenvalue weighted by Gasteiger charge is 2.20. The molecule has 0 aliphatic rings. The monoisotopic (exact) mass is 299 g/mol. The van der Waals surface area contributed by atoms with E-state index in [4.69, 9.17) is 0 Å². The Labute approximate surface area is 125 Å². The summed E-state index contributed by atoms with van der Waals surface area (Å²) >= 11 is 1.66. The number of aryl methyl sites for hydroxylation is 2. The molecule has 2 amide bonds. The van der Waals surface area contributed by atoms with Gasteiger partial charge in [0.1, 0.15) is 0 Å². The molecule has 1 rings (SSSR count). The third kappa shape index (κ3) is 6.34. The molecule has 0 saturated heterocycles. The van der Waals surface area contributed by atoms with Crippen molar-refractivity contribution in [2.75, 3.05) is 19.6 Å². The number of carbonyl (C=O) groups is 1. The number of amides is 2. The molecule has 0 fully saturated rings. The Morgan fingerprint density at radius 2 is 2.25 bits per heavy atom. The number of likely N-dealkylation sites (N-methyl/N-ethyl adjacent to an activating group) is 1. The van der Waals surface area contributed by atoms with Gasteiger partial charge in [-0.25, -0.2) is 9.78 Å². The van der Waals surface area contributed by atoms with Crippen LogP contribution in [0.1, 0.15) is 37.9 Å². The van der Waals surface area contributed by atoms with Gasteiger partial charge in [0, 0.05) is 30.6 Å². The fraction of sp³-hybridized carbons (Fsp3) is 0.714. The zero-order chi connectivity index (χ0) is 15.2. The van der Waals surface area contributed by atoms with Gasteiger partial charge >= 0.3 is 6.03 Å². The first-order valence-corrected chi connectivity index (χ1v) is 7.86. The van der Waals surface area contributed by atoms with E-state index in [0.717, 1.165) is 23.5 Å². The van der Waals surface area contributed by atoms with Crippen molar-refractivity contribution in [2.45, 2.75) is 46.1 Å². The third-order valence-electron chi connectivity index (χ3n) is 2.76. The summed E-state index contributed by atoms with van der Waals surface area (Å²) < 4.78 is 0. The lowest BCUT2D eigenvalue weighted by Crippen LogP contribution is -2.47. The fourth-order valence-corrected chi connectivity index (χ4v) is 2.68. The molecule has 0 saturated carbocycles. The molecule has 0 bridgehead atoms. The average Bonchev–Trinajstić information content (AvgIpc) is 2.76. The number of aliphatic hydroxyl groups is 1. The number of urea groups is 1. The number of nitrogens with zero attached hydrogens (tertiary/aromatic N) is 2. The molecule has 20 heavy (non-hydrogen) atoms. The Morgan fingerprint density at radius 3 is 2.75 bits per heavy atom. The summed E-state index contributed by atoms with van der Waals surface area (Å²) in [5.74, 6) is 0. The molecule has 0 radical (unpaired) electrons. The van der Waals surface area contributed by atoms with E-state index in [1.165, 1.54) is 0 Å². The lowest BCUT2D eigenvalue weighted by molar-refractivity contribution is 0.0480. The first-order chi connectivity index (χ1) is 9.31. The maximum atomic E-state index is 12.0. The summed E-state index contributed by atoms with van der Waals surface area (Å²) in [5.41, 5.74) is 0.183. The van der Waals surface area contributed by atoms with Gasteiger partial charge in [-0.1, -0.05) is 0 Å². The van der Waals surface area contributed by atoms with E-state index in [2.05, 4.69) is 10.3 Å². The van der Waals surface area contributed by atoms with E-state index in [-0.39, 0.29) is 6.03 Å². The van der Waals surface area contributed by atoms with Crippen molar-refractivity contribution in [3.05, 3.63) is 16.1 Å². The molecule has 114 valence electrons. The van der Waals surface area contributed by atoms with Gasteiger partial charge in [-0.3, -0.25) is 0 Å². The Bertz CT molecular complexity index is 426. The van der Waals surface area contributed by atoms with Crippen LogP contribution in [-0.2, 0) is 6.42 Å². The van der Waals surface area contributed by atoms with Crippen molar-refractivity contribution in [3.63, 3.8) is 0 Å². The van der Waals surface area contributed by atoms with Gasteiger partial charge in [0.25, 0.3) is 0 Å². The van der Waals surface area contributed by atoms with E-state index in [1.807, 2.05) is 19.2 Å². The lowest BCUT2D eigenvalue weighted by atomic mass is 10.1. The second-order valence-corrected chi connectivity index (χ2v) is 6.49. The Morgan fingerprint density at radius 1 is 1.55 bits per heavy atom. The van der Waals surface area contributed by atoms with E-state index in [9.17, 15) is 9.90 Å². The Hall–Kier alpha value is -1.14. The van der Waals surface area contributed by atoms with Crippen LogP contribution in [0.5, 0.6) is 0 Å². The van der Waals surface area contributed by atoms with Crippen LogP contribution in [0.3, 0.4) is 0 Å². The van der Waals surface area contributed by atoms with Crippen molar-refractivity contribution in [2.24, 2.45) is 0 Å². The fourth-order valence-electron chi connectivity index (χ4n) is 1.86. The molecule has 0 atom stereocenters. The summed E-state index contributed by atoms with van der Waals surface area (Å²) in [6.07, 6.45) is 1.76. The minimum absolute atomic E-state index is 0.120. The van der Waals surface area contributed by atoms with Crippen LogP contribution in [0.2, 0.25) is 0 Å². The normalized spacial score (nSPS) is 11.4. The summed E-state index contributed by atoms with van der Waals surface area (Å²) in [5, 5.41) is 15.8. The van der Waals surface area contributed by atoms with Crippen LogP contribution in [0, 0.1) is 6.92 Å². The zero-order valence-electron chi connectivity index (χ0n) is 12.8. The summed E-state index contributed by atoms with van der Waals surface area (Å²) in [7, 11) is 0. The molecular formula is C14H25N3O2S. The van der Waals surface area contributed by atoms with Crippen molar-refractivity contribution < 1.29 is 9.90 Å². The molecule has 0 spiro atoms. The van der Waals surface area contributed by atoms with Gasteiger partial charge in [0.05, 0.1) is 17.2 Å². The van der Waals surface area contributed by atoms with Crippen LogP contribution >= 0.6 is 11.3 Å². The molecule has 2 N–H and O–H groups in total. The minimum Gasteiger partial charge on any atom is -0.389 e. The van der Waals surface area contributed by atoms with Gasteiger partial charge in [0.15, 0.2) is 0 Å². The number of hydrogen-bond acceptors (Lipinski definition) is 4. The van der Waals surface area contributed by atoms with Crippen molar-refractivity contribution in [3.8, 4) is 0 Å². The second kappa shape index (κ2) is 7.59. The van der Waals surface area contributed by atoms with Crippen LogP contribution in [0.25, 0.3) is 0 Å². The van der Waals surface area contributed by atoms with Crippen molar-refractivity contribution in [1.29, 1.82) is 0 Å². The van der Waals surface area contributed by atoms with Crippen LogP contribution in [-0.4, -0.2) is 46.3 Å². The van der Waals surface area contributed by atoms with Gasteiger partial charge in [-0.2, -0.15) is 0 Å². The van der Waals surface area contributed by atoms with Gasteiger partial charge in [-0.15, -0.1) is 11.3 Å². The molecule has 1 aromatic rings. The maximum absolute atomic E-state index is 12.0. The van der Waals surface area contributed by atoms with Gasteiger partial charge in [0.2, 0.25) is 0 Å². The Kier molecular flexibility index (Phi) is 6.42. The van der Waals surface area contributed by atoms with Gasteiger partial charge < -0.3 is 15.3 Å². The second-order valence-electron chi connectivity index (χ2n) is 5.54. The van der Waals surface area contributed by atoms with Crippen LogP contribution in [0.4, 0.5) is 4.79 Å². The molecule has 0 aliphatic heterocycles. The standard InChI is InChI=1S/C14H25N3O2S/c1-5-17(10-14(3,4)19)13(18)15-8-6-7-12-16-11(2)9-20-12/h9,19H,5-8,10H2,1-4H3,(H,15,18). The van der Waals surface area contributed by atoms with Crippen molar-refractivity contribution in [1.82, 2.24) is 15.2 Å². The SMILES string of the molecule is CCN(CC(C)(C)O)C(=O)NCCCc1nc(C)cs1. The summed E-state index contributed by atoms with van der Waals surface area (Å²) in [6, 6.07) is -0.120. The van der Waals surface area contributed by atoms with E-state index < -0.39 is 5.60 Å². The lowest BCUT2D eigenvalue weighted by Gasteiger charge is -2.28. The maximum Gasteiger partial charge on any atom is 0.317 e. The number of aromatic nitrogens is 1. The third-order valence-corrected chi connectivity index (χ3v) is 3.78. The molecule has 5 nitrogen and oxygen atoms in total.